The fourth-order valence-corrected chi connectivity index (χ4v) is 9.91. The minimum Gasteiger partial charge on any atom is -0.278 e. The van der Waals surface area contributed by atoms with Crippen LogP contribution in [0.3, 0.4) is 0 Å². The van der Waals surface area contributed by atoms with Gasteiger partial charge in [0.05, 0.1) is 22.2 Å². The van der Waals surface area contributed by atoms with Crippen molar-refractivity contribution in [2.24, 2.45) is 0 Å². The predicted octanol–water partition coefficient (Wildman–Crippen LogP) is 15.4. The van der Waals surface area contributed by atoms with E-state index >= 15 is 0 Å². The Hall–Kier alpha value is -7.66. The summed E-state index contributed by atoms with van der Waals surface area (Å²) in [5.74, 6) is 0.656. The third kappa shape index (κ3) is 5.80. The van der Waals surface area contributed by atoms with Crippen LogP contribution >= 0.6 is 11.3 Å². The molecule has 12 aromatic rings. The van der Waals surface area contributed by atoms with Crippen LogP contribution in [0.4, 0.5) is 0 Å². The number of hydrogen-bond donors (Lipinski definition) is 0. The van der Waals surface area contributed by atoms with E-state index in [4.69, 9.17) is 9.97 Å². The lowest BCUT2D eigenvalue weighted by molar-refractivity contribution is 1.01. The molecule has 3 heterocycles. The van der Waals surface area contributed by atoms with Crippen molar-refractivity contribution in [2.45, 2.75) is 0 Å². The van der Waals surface area contributed by atoms with Gasteiger partial charge in [-0.1, -0.05) is 170 Å². The summed E-state index contributed by atoms with van der Waals surface area (Å²) in [6, 6.07) is 76.3. The largest absolute Gasteiger partial charge is 0.278 e. The van der Waals surface area contributed by atoms with Crippen LogP contribution in [0.1, 0.15) is 0 Å². The van der Waals surface area contributed by atoms with Crippen LogP contribution in [0.15, 0.2) is 212 Å². The molecule has 4 heteroatoms. The van der Waals surface area contributed by atoms with Crippen molar-refractivity contribution in [2.75, 3.05) is 0 Å². The number of aromatic nitrogens is 3. The zero-order valence-corrected chi connectivity index (χ0v) is 33.3. The first kappa shape index (κ1) is 34.4. The summed E-state index contributed by atoms with van der Waals surface area (Å²) < 4.78 is 4.88. The lowest BCUT2D eigenvalue weighted by Crippen LogP contribution is -2.03. The molecule has 0 radical (unpaired) electrons. The molecule has 0 aliphatic rings. The second-order valence-corrected chi connectivity index (χ2v) is 16.5. The molecule has 0 aliphatic heterocycles. The average Bonchev–Trinajstić information content (AvgIpc) is 3.87. The lowest BCUT2D eigenvalue weighted by Gasteiger charge is -2.12. The summed E-state index contributed by atoms with van der Waals surface area (Å²) in [4.78, 5) is 10.6. The number of rotatable bonds is 6. The van der Waals surface area contributed by atoms with Gasteiger partial charge in [0.25, 0.3) is 0 Å². The Balaban J connectivity index is 0.909. The maximum Gasteiger partial charge on any atom is 0.235 e. The van der Waals surface area contributed by atoms with Crippen molar-refractivity contribution >= 4 is 64.2 Å². The van der Waals surface area contributed by atoms with Crippen LogP contribution in [0.2, 0.25) is 0 Å². The average molecular weight is 782 g/mol. The number of fused-ring (bicyclic) bond motifs is 7. The fourth-order valence-electron chi connectivity index (χ4n) is 8.82. The zero-order valence-electron chi connectivity index (χ0n) is 32.5. The monoisotopic (exact) mass is 781 g/mol. The van der Waals surface area contributed by atoms with Gasteiger partial charge in [-0.3, -0.25) is 4.57 Å². The SMILES string of the molecule is c1ccc(-c2ccc(-c3ccc(-c4nc(-n5c6ccccc6c6cc(-c7ccc(-c8ccc9sc%10ccccc%10c9c8)cc7)ccc65)nc5ccccc45)cc3)cc2)cc1. The maximum absolute atomic E-state index is 5.37. The van der Waals surface area contributed by atoms with E-state index in [-0.39, 0.29) is 0 Å². The lowest BCUT2D eigenvalue weighted by atomic mass is 9.98. The molecule has 0 spiro atoms. The molecule has 3 aromatic heterocycles. The van der Waals surface area contributed by atoms with Crippen molar-refractivity contribution in [3.63, 3.8) is 0 Å². The number of para-hydroxylation sites is 2. The van der Waals surface area contributed by atoms with E-state index in [9.17, 15) is 0 Å². The molecule has 0 N–H and O–H groups in total. The minimum atomic E-state index is 0.656. The smallest absolute Gasteiger partial charge is 0.235 e. The first-order chi connectivity index (χ1) is 29.7. The Labute approximate surface area is 351 Å². The molecule has 0 saturated heterocycles. The van der Waals surface area contributed by atoms with Crippen LogP contribution in [0.25, 0.3) is 115 Å². The third-order valence-corrected chi connectivity index (χ3v) is 13.0. The quantitative estimate of drug-likeness (QED) is 0.168. The number of thiophene rings is 1. The van der Waals surface area contributed by atoms with E-state index in [1.165, 1.54) is 75.5 Å². The summed E-state index contributed by atoms with van der Waals surface area (Å²) in [5.41, 5.74) is 14.6. The number of hydrogen-bond acceptors (Lipinski definition) is 3. The first-order valence-electron chi connectivity index (χ1n) is 20.3. The molecule has 0 bridgehead atoms. The highest BCUT2D eigenvalue weighted by atomic mass is 32.1. The highest BCUT2D eigenvalue weighted by molar-refractivity contribution is 7.25. The standard InChI is InChI=1S/C56H35N3S/c1-2-10-36(11-3-1)37-18-20-38(21-19-37)39-26-28-42(29-27-39)55-47-14-4-7-15-50(47)57-56(58-55)59-51-16-8-5-12-45(51)48-34-43(30-32-52(48)59)40-22-24-41(25-23-40)44-31-33-54-49(35-44)46-13-6-9-17-53(46)60-54/h1-35H. The number of nitrogens with zero attached hydrogens (tertiary/aromatic N) is 3. The van der Waals surface area contributed by atoms with Gasteiger partial charge in [0, 0.05) is 41.9 Å². The summed E-state index contributed by atoms with van der Waals surface area (Å²) in [5, 5.41) is 6.01. The van der Waals surface area contributed by atoms with Crippen LogP contribution in [-0.4, -0.2) is 14.5 Å². The topological polar surface area (TPSA) is 30.7 Å². The van der Waals surface area contributed by atoms with Gasteiger partial charge < -0.3 is 0 Å². The molecule has 9 aromatic carbocycles. The maximum atomic E-state index is 5.37. The minimum absolute atomic E-state index is 0.656. The van der Waals surface area contributed by atoms with E-state index in [0.29, 0.717) is 5.95 Å². The van der Waals surface area contributed by atoms with Gasteiger partial charge in [-0.15, -0.1) is 11.3 Å². The molecule has 0 amide bonds. The summed E-state index contributed by atoms with van der Waals surface area (Å²) in [6.45, 7) is 0. The Morgan fingerprint density at radius 1 is 0.300 bits per heavy atom. The van der Waals surface area contributed by atoms with Crippen LogP contribution < -0.4 is 0 Å². The van der Waals surface area contributed by atoms with Crippen LogP contribution in [0, 0.1) is 0 Å². The molecule has 0 fully saturated rings. The van der Waals surface area contributed by atoms with E-state index in [1.54, 1.807) is 0 Å². The molecular formula is C56H35N3S. The van der Waals surface area contributed by atoms with Gasteiger partial charge in [-0.05, 0) is 87.0 Å². The van der Waals surface area contributed by atoms with Crippen molar-refractivity contribution in [3.05, 3.63) is 212 Å². The van der Waals surface area contributed by atoms with E-state index in [0.717, 1.165) is 33.2 Å². The molecule has 0 atom stereocenters. The first-order valence-corrected chi connectivity index (χ1v) is 21.1. The molecule has 280 valence electrons. The van der Waals surface area contributed by atoms with E-state index < -0.39 is 0 Å². The summed E-state index contributed by atoms with van der Waals surface area (Å²) in [6.07, 6.45) is 0. The molecule has 0 unspecified atom stereocenters. The Kier molecular flexibility index (Phi) is 8.03. The number of benzene rings is 9. The second kappa shape index (κ2) is 14.0. The molecule has 0 aliphatic carbocycles. The fraction of sp³-hybridized carbons (Fsp3) is 0. The van der Waals surface area contributed by atoms with Crippen molar-refractivity contribution < 1.29 is 0 Å². The Morgan fingerprint density at radius 2 is 0.767 bits per heavy atom. The molecule has 12 rings (SSSR count). The van der Waals surface area contributed by atoms with Gasteiger partial charge in [0.2, 0.25) is 5.95 Å². The Morgan fingerprint density at radius 3 is 1.47 bits per heavy atom. The summed E-state index contributed by atoms with van der Waals surface area (Å²) in [7, 11) is 0. The molecule has 3 nitrogen and oxygen atoms in total. The van der Waals surface area contributed by atoms with Gasteiger partial charge in [-0.25, -0.2) is 9.97 Å². The van der Waals surface area contributed by atoms with Crippen molar-refractivity contribution in [3.8, 4) is 61.7 Å². The second-order valence-electron chi connectivity index (χ2n) is 15.4. The molecular weight excluding hydrogens is 747 g/mol. The molecule has 0 saturated carbocycles. The van der Waals surface area contributed by atoms with Crippen molar-refractivity contribution in [1.82, 2.24) is 14.5 Å². The van der Waals surface area contributed by atoms with Crippen LogP contribution in [0.5, 0.6) is 0 Å². The normalized spacial score (nSPS) is 11.7. The molecule has 60 heavy (non-hydrogen) atoms. The van der Waals surface area contributed by atoms with E-state index in [1.807, 2.05) is 11.3 Å². The predicted molar refractivity (Wildman–Crippen MR) is 254 cm³/mol. The van der Waals surface area contributed by atoms with Crippen LogP contribution in [-0.2, 0) is 0 Å². The van der Waals surface area contributed by atoms with Gasteiger partial charge in [0.15, 0.2) is 0 Å². The third-order valence-electron chi connectivity index (χ3n) is 11.9. The Bertz CT molecular complexity index is 3560. The highest BCUT2D eigenvalue weighted by Crippen LogP contribution is 2.39. The van der Waals surface area contributed by atoms with Crippen molar-refractivity contribution in [1.29, 1.82) is 0 Å². The zero-order chi connectivity index (χ0) is 39.6. The highest BCUT2D eigenvalue weighted by Gasteiger charge is 2.18. The summed E-state index contributed by atoms with van der Waals surface area (Å²) >= 11 is 1.86. The van der Waals surface area contributed by atoms with E-state index in [2.05, 4.69) is 217 Å². The van der Waals surface area contributed by atoms with Gasteiger partial charge >= 0.3 is 0 Å². The van der Waals surface area contributed by atoms with Gasteiger partial charge in [-0.2, -0.15) is 0 Å². The van der Waals surface area contributed by atoms with Gasteiger partial charge in [0.1, 0.15) is 0 Å².